The zero-order chi connectivity index (χ0) is 18.1. The zero-order valence-corrected chi connectivity index (χ0v) is 15.4. The zero-order valence-electron chi connectivity index (χ0n) is 13.7. The third-order valence-electron chi connectivity index (χ3n) is 3.84. The molecule has 26 heavy (non-hydrogen) atoms. The number of nitrogens with zero attached hydrogens (tertiary/aromatic N) is 5. The Morgan fingerprint density at radius 3 is 2.85 bits per heavy atom. The van der Waals surface area contributed by atoms with Crippen molar-refractivity contribution in [3.8, 4) is 23.0 Å². The number of aromatic nitrogens is 5. The molecule has 3 aromatic heterocycles. The number of rotatable bonds is 5. The van der Waals surface area contributed by atoms with E-state index < -0.39 is 5.25 Å². The molecule has 7 nitrogen and oxygen atoms in total. The van der Waals surface area contributed by atoms with E-state index in [-0.39, 0.29) is 0 Å². The summed E-state index contributed by atoms with van der Waals surface area (Å²) in [5.41, 5.74) is 0.765. The van der Waals surface area contributed by atoms with Crippen LogP contribution in [0.25, 0.3) is 23.0 Å². The minimum atomic E-state index is -0.522. The van der Waals surface area contributed by atoms with Gasteiger partial charge in [0.25, 0.3) is 0 Å². The van der Waals surface area contributed by atoms with Crippen LogP contribution in [-0.4, -0.2) is 24.9 Å². The number of hydrogen-bond donors (Lipinski definition) is 1. The van der Waals surface area contributed by atoms with Crippen LogP contribution in [0.2, 0.25) is 5.02 Å². The molecule has 1 aromatic carbocycles. The lowest BCUT2D eigenvalue weighted by Crippen LogP contribution is -2.07. The van der Waals surface area contributed by atoms with Gasteiger partial charge in [-0.1, -0.05) is 28.9 Å². The van der Waals surface area contributed by atoms with Gasteiger partial charge in [0.05, 0.1) is 6.26 Å². The first-order valence-electron chi connectivity index (χ1n) is 7.92. The number of halogens is 1. The van der Waals surface area contributed by atoms with Gasteiger partial charge in [-0.15, -0.1) is 10.2 Å². The summed E-state index contributed by atoms with van der Waals surface area (Å²) in [7, 11) is 0. The molecule has 0 saturated carbocycles. The van der Waals surface area contributed by atoms with Gasteiger partial charge in [0, 0.05) is 17.1 Å². The van der Waals surface area contributed by atoms with Gasteiger partial charge in [0.2, 0.25) is 11.7 Å². The lowest BCUT2D eigenvalue weighted by molar-refractivity contribution is 0.381. The molecule has 0 spiro atoms. The number of furan rings is 1. The van der Waals surface area contributed by atoms with Gasteiger partial charge in [-0.2, -0.15) is 17.6 Å². The van der Waals surface area contributed by atoms with Crippen LogP contribution < -0.4 is 0 Å². The highest BCUT2D eigenvalue weighted by molar-refractivity contribution is 7.80. The average molecular weight is 388 g/mol. The summed E-state index contributed by atoms with van der Waals surface area (Å²) in [5, 5.41) is 12.6. The van der Waals surface area contributed by atoms with Crippen LogP contribution in [0.4, 0.5) is 0 Å². The first kappa shape index (κ1) is 16.9. The molecule has 1 unspecified atom stereocenters. The maximum Gasteiger partial charge on any atom is 0.247 e. The molecule has 0 aliphatic rings. The summed E-state index contributed by atoms with van der Waals surface area (Å²) in [5.74, 6) is 2.63. The lowest BCUT2D eigenvalue weighted by atomic mass is 10.2. The number of benzene rings is 1. The molecule has 4 aromatic rings. The van der Waals surface area contributed by atoms with E-state index in [1.807, 2.05) is 29.7 Å². The summed E-state index contributed by atoms with van der Waals surface area (Å²) in [6.07, 6.45) is 1.59. The molecule has 0 N–H and O–H groups in total. The third-order valence-corrected chi connectivity index (χ3v) is 4.53. The number of hydrogen-bond acceptors (Lipinski definition) is 7. The van der Waals surface area contributed by atoms with E-state index >= 15 is 0 Å². The van der Waals surface area contributed by atoms with Crippen LogP contribution in [0.15, 0.2) is 51.6 Å². The van der Waals surface area contributed by atoms with E-state index in [9.17, 15) is 0 Å². The van der Waals surface area contributed by atoms with Crippen molar-refractivity contribution in [1.29, 1.82) is 0 Å². The van der Waals surface area contributed by atoms with Crippen molar-refractivity contribution in [2.24, 2.45) is 0 Å². The Hall–Kier alpha value is -2.58. The normalized spacial score (nSPS) is 12.4. The van der Waals surface area contributed by atoms with E-state index in [1.54, 1.807) is 24.5 Å². The maximum absolute atomic E-state index is 6.02. The predicted octanol–water partition coefficient (Wildman–Crippen LogP) is 4.28. The van der Waals surface area contributed by atoms with Crippen LogP contribution in [0, 0.1) is 0 Å². The SMILES string of the molecule is CCn1c(-c2ccco2)nnc1C(S)c1nc(-c2cccc(Cl)c2)no1. The van der Waals surface area contributed by atoms with Gasteiger partial charge < -0.3 is 13.5 Å². The fourth-order valence-corrected chi connectivity index (χ4v) is 3.10. The molecule has 4 rings (SSSR count). The molecule has 0 aliphatic carbocycles. The van der Waals surface area contributed by atoms with Gasteiger partial charge >= 0.3 is 0 Å². The molecular weight excluding hydrogens is 374 g/mol. The molecule has 0 radical (unpaired) electrons. The summed E-state index contributed by atoms with van der Waals surface area (Å²) in [6.45, 7) is 2.63. The van der Waals surface area contributed by atoms with E-state index in [4.69, 9.17) is 20.5 Å². The fourth-order valence-electron chi connectivity index (χ4n) is 2.62. The quantitative estimate of drug-likeness (QED) is 0.514. The van der Waals surface area contributed by atoms with Crippen molar-refractivity contribution in [1.82, 2.24) is 24.9 Å². The topological polar surface area (TPSA) is 82.8 Å². The first-order valence-corrected chi connectivity index (χ1v) is 8.81. The second kappa shape index (κ2) is 6.97. The van der Waals surface area contributed by atoms with Gasteiger partial charge in [-0.05, 0) is 31.2 Å². The number of thiol groups is 1. The third kappa shape index (κ3) is 3.02. The van der Waals surface area contributed by atoms with Crippen LogP contribution in [-0.2, 0) is 6.54 Å². The van der Waals surface area contributed by atoms with Crippen LogP contribution in [0.1, 0.15) is 23.9 Å². The average Bonchev–Trinajstić information content (AvgIpc) is 3.40. The van der Waals surface area contributed by atoms with Crippen molar-refractivity contribution >= 4 is 24.2 Å². The van der Waals surface area contributed by atoms with Crippen molar-refractivity contribution in [3.05, 3.63) is 59.4 Å². The fraction of sp³-hybridized carbons (Fsp3) is 0.176. The molecule has 0 amide bonds. The van der Waals surface area contributed by atoms with Crippen molar-refractivity contribution in [3.63, 3.8) is 0 Å². The van der Waals surface area contributed by atoms with Crippen molar-refractivity contribution in [2.45, 2.75) is 18.7 Å². The Labute approximate surface area is 159 Å². The molecule has 0 fully saturated rings. The van der Waals surface area contributed by atoms with E-state index in [2.05, 4.69) is 33.0 Å². The molecule has 1 atom stereocenters. The highest BCUT2D eigenvalue weighted by Crippen LogP contribution is 2.30. The minimum absolute atomic E-state index is 0.330. The molecule has 0 saturated heterocycles. The first-order chi connectivity index (χ1) is 12.7. The molecule has 9 heteroatoms. The Morgan fingerprint density at radius 1 is 1.23 bits per heavy atom. The van der Waals surface area contributed by atoms with Gasteiger partial charge in [-0.3, -0.25) is 0 Å². The Morgan fingerprint density at radius 2 is 2.12 bits per heavy atom. The second-order valence-electron chi connectivity index (χ2n) is 5.47. The summed E-state index contributed by atoms with van der Waals surface area (Å²) in [6, 6.07) is 10.9. The van der Waals surface area contributed by atoms with E-state index in [1.165, 1.54) is 0 Å². The van der Waals surface area contributed by atoms with Crippen LogP contribution >= 0.6 is 24.2 Å². The van der Waals surface area contributed by atoms with E-state index in [0.717, 1.165) is 5.56 Å². The Kier molecular flexibility index (Phi) is 4.52. The lowest BCUT2D eigenvalue weighted by Gasteiger charge is -2.08. The molecular formula is C17H14ClN5O2S. The van der Waals surface area contributed by atoms with Crippen molar-refractivity contribution < 1.29 is 8.94 Å². The molecule has 3 heterocycles. The van der Waals surface area contributed by atoms with E-state index in [0.29, 0.717) is 40.7 Å². The minimum Gasteiger partial charge on any atom is -0.461 e. The summed E-state index contributed by atoms with van der Waals surface area (Å²) >= 11 is 10.6. The van der Waals surface area contributed by atoms with Gasteiger partial charge in [0.15, 0.2) is 17.4 Å². The van der Waals surface area contributed by atoms with Gasteiger partial charge in [-0.25, -0.2) is 0 Å². The summed E-state index contributed by atoms with van der Waals surface area (Å²) < 4.78 is 12.7. The molecule has 132 valence electrons. The smallest absolute Gasteiger partial charge is 0.247 e. The van der Waals surface area contributed by atoms with Gasteiger partial charge in [0.1, 0.15) is 5.25 Å². The molecule has 0 bridgehead atoms. The Balaban J connectivity index is 1.68. The predicted molar refractivity (Wildman–Crippen MR) is 99.0 cm³/mol. The standard InChI is InChI=1S/C17H14ClN5O2S/c1-2-23-15(12-7-4-8-24-12)20-21-16(23)13(26)17-19-14(22-25-17)10-5-3-6-11(18)9-10/h3-9,13,26H,2H2,1H3. The maximum atomic E-state index is 6.02. The highest BCUT2D eigenvalue weighted by atomic mass is 35.5. The molecule has 0 aliphatic heterocycles. The Bertz CT molecular complexity index is 1030. The van der Waals surface area contributed by atoms with Crippen LogP contribution in [0.5, 0.6) is 0 Å². The largest absolute Gasteiger partial charge is 0.461 e. The van der Waals surface area contributed by atoms with Crippen LogP contribution in [0.3, 0.4) is 0 Å². The van der Waals surface area contributed by atoms with Crippen molar-refractivity contribution in [2.75, 3.05) is 0 Å². The highest BCUT2D eigenvalue weighted by Gasteiger charge is 2.25. The summed E-state index contributed by atoms with van der Waals surface area (Å²) in [4.78, 5) is 4.43. The monoisotopic (exact) mass is 387 g/mol. The second-order valence-corrected chi connectivity index (χ2v) is 6.43.